The molecule has 39 heavy (non-hydrogen) atoms. The molecular formula is C35H20N4. The van der Waals surface area contributed by atoms with Crippen LogP contribution in [-0.4, -0.2) is 14.5 Å². The van der Waals surface area contributed by atoms with Gasteiger partial charge < -0.3 is 0 Å². The maximum atomic E-state index is 9.32. The summed E-state index contributed by atoms with van der Waals surface area (Å²) in [4.78, 5) is 10.3. The molecule has 6 aromatic carbocycles. The van der Waals surface area contributed by atoms with Gasteiger partial charge in [-0.25, -0.2) is 9.97 Å². The molecule has 2 aromatic heterocycles. The van der Waals surface area contributed by atoms with Crippen molar-refractivity contribution < 1.29 is 0 Å². The third-order valence-corrected chi connectivity index (χ3v) is 7.60. The molecule has 8 aromatic rings. The molecule has 0 aliphatic heterocycles. The van der Waals surface area contributed by atoms with Crippen LogP contribution in [0.1, 0.15) is 5.56 Å². The summed E-state index contributed by atoms with van der Waals surface area (Å²) in [6, 6.07) is 43.8. The monoisotopic (exact) mass is 496 g/mol. The molecule has 0 amide bonds. The van der Waals surface area contributed by atoms with Crippen molar-refractivity contribution in [2.45, 2.75) is 0 Å². The molecule has 0 saturated heterocycles. The van der Waals surface area contributed by atoms with E-state index in [1.54, 1.807) is 0 Å². The van der Waals surface area contributed by atoms with E-state index in [4.69, 9.17) is 9.97 Å². The van der Waals surface area contributed by atoms with Gasteiger partial charge in [0.1, 0.15) is 0 Å². The first-order chi connectivity index (χ1) is 19.3. The molecule has 8 rings (SSSR count). The van der Waals surface area contributed by atoms with Crippen LogP contribution >= 0.6 is 0 Å². The number of rotatable bonds is 2. The van der Waals surface area contributed by atoms with Crippen molar-refractivity contribution >= 4 is 54.3 Å². The first-order valence-electron chi connectivity index (χ1n) is 12.9. The van der Waals surface area contributed by atoms with E-state index in [1.807, 2.05) is 42.5 Å². The fourth-order valence-electron chi connectivity index (χ4n) is 5.76. The SMILES string of the molecule is N#Cc1ccc(-c2nc(-n3c4cc5ccccc5cc4c4ccc5ccccc5c43)nc3ccccc23)cc1. The third-order valence-electron chi connectivity index (χ3n) is 7.60. The highest BCUT2D eigenvalue weighted by molar-refractivity contribution is 6.20. The predicted molar refractivity (Wildman–Crippen MR) is 159 cm³/mol. The lowest BCUT2D eigenvalue weighted by atomic mass is 10.0. The standard InChI is InChI=1S/C35H20N4/c36-21-22-13-15-24(16-14-22)33-29-11-5-6-12-31(29)37-35(38-33)39-32-20-26-9-2-1-8-25(26)19-30(32)28-18-17-23-7-3-4-10-27(23)34(28)39/h1-20H. The first kappa shape index (κ1) is 21.5. The van der Waals surface area contributed by atoms with E-state index in [9.17, 15) is 5.26 Å². The summed E-state index contributed by atoms with van der Waals surface area (Å²) in [7, 11) is 0. The van der Waals surface area contributed by atoms with Crippen LogP contribution in [0.3, 0.4) is 0 Å². The Bertz CT molecular complexity index is 2290. The van der Waals surface area contributed by atoms with Crippen LogP contribution in [0.25, 0.3) is 71.5 Å². The molecule has 0 bridgehead atoms. The number of benzene rings is 6. The van der Waals surface area contributed by atoms with E-state index in [1.165, 1.54) is 26.9 Å². The van der Waals surface area contributed by atoms with Gasteiger partial charge in [-0.05, 0) is 46.5 Å². The lowest BCUT2D eigenvalue weighted by molar-refractivity contribution is 1.02. The molecule has 0 aliphatic carbocycles. The minimum atomic E-state index is 0.623. The average molecular weight is 497 g/mol. The van der Waals surface area contributed by atoms with Crippen LogP contribution < -0.4 is 0 Å². The van der Waals surface area contributed by atoms with Crippen LogP contribution in [0.15, 0.2) is 121 Å². The van der Waals surface area contributed by atoms with Crippen LogP contribution in [0, 0.1) is 11.3 Å². The second kappa shape index (κ2) is 8.24. The van der Waals surface area contributed by atoms with Gasteiger partial charge in [0, 0.05) is 27.1 Å². The van der Waals surface area contributed by atoms with Crippen molar-refractivity contribution in [1.82, 2.24) is 14.5 Å². The van der Waals surface area contributed by atoms with E-state index in [0.29, 0.717) is 11.5 Å². The summed E-state index contributed by atoms with van der Waals surface area (Å²) in [5.74, 6) is 0.625. The second-order valence-corrected chi connectivity index (χ2v) is 9.81. The van der Waals surface area contributed by atoms with E-state index in [-0.39, 0.29) is 0 Å². The second-order valence-electron chi connectivity index (χ2n) is 9.81. The lowest BCUT2D eigenvalue weighted by Crippen LogP contribution is -2.03. The minimum Gasteiger partial charge on any atom is -0.277 e. The van der Waals surface area contributed by atoms with Crippen molar-refractivity contribution in [3.8, 4) is 23.3 Å². The topological polar surface area (TPSA) is 54.5 Å². The van der Waals surface area contributed by atoms with Crippen LogP contribution in [0.5, 0.6) is 0 Å². The smallest absolute Gasteiger partial charge is 0.235 e. The normalized spacial score (nSPS) is 11.6. The van der Waals surface area contributed by atoms with E-state index in [0.717, 1.165) is 38.6 Å². The van der Waals surface area contributed by atoms with Crippen LogP contribution in [0.4, 0.5) is 0 Å². The maximum absolute atomic E-state index is 9.32. The molecule has 0 fully saturated rings. The van der Waals surface area contributed by atoms with Gasteiger partial charge in [-0.2, -0.15) is 5.26 Å². The third kappa shape index (κ3) is 3.24. The Labute approximate surface area is 224 Å². The Kier molecular flexibility index (Phi) is 4.55. The van der Waals surface area contributed by atoms with Crippen LogP contribution in [-0.2, 0) is 0 Å². The van der Waals surface area contributed by atoms with Crippen LogP contribution in [0.2, 0.25) is 0 Å². The number of fused-ring (bicyclic) bond motifs is 7. The molecule has 0 spiro atoms. The Hall–Kier alpha value is -5.53. The van der Waals surface area contributed by atoms with Crippen molar-refractivity contribution in [2.24, 2.45) is 0 Å². The Morgan fingerprint density at radius 1 is 0.564 bits per heavy atom. The Morgan fingerprint density at radius 3 is 2.05 bits per heavy atom. The molecule has 2 heterocycles. The van der Waals surface area contributed by atoms with Crippen molar-refractivity contribution in [2.75, 3.05) is 0 Å². The zero-order chi connectivity index (χ0) is 25.9. The Morgan fingerprint density at radius 2 is 1.26 bits per heavy atom. The summed E-state index contributed by atoms with van der Waals surface area (Å²) in [6.07, 6.45) is 0. The number of para-hydroxylation sites is 1. The van der Waals surface area contributed by atoms with Gasteiger partial charge in [0.15, 0.2) is 0 Å². The zero-order valence-electron chi connectivity index (χ0n) is 20.8. The summed E-state index contributed by atoms with van der Waals surface area (Å²) in [5.41, 5.74) is 5.46. The number of hydrogen-bond donors (Lipinski definition) is 0. The highest BCUT2D eigenvalue weighted by Gasteiger charge is 2.19. The van der Waals surface area contributed by atoms with Crippen molar-refractivity contribution in [3.05, 3.63) is 127 Å². The lowest BCUT2D eigenvalue weighted by Gasteiger charge is -2.13. The Balaban J connectivity index is 1.55. The molecule has 4 nitrogen and oxygen atoms in total. The molecule has 0 N–H and O–H groups in total. The van der Waals surface area contributed by atoms with Crippen molar-refractivity contribution in [1.29, 1.82) is 5.26 Å². The highest BCUT2D eigenvalue weighted by atomic mass is 15.2. The van der Waals surface area contributed by atoms with E-state index in [2.05, 4.69) is 89.5 Å². The summed E-state index contributed by atoms with van der Waals surface area (Å²) in [5, 5.41) is 17.4. The number of nitrogens with zero attached hydrogens (tertiary/aromatic N) is 4. The largest absolute Gasteiger partial charge is 0.277 e. The van der Waals surface area contributed by atoms with Gasteiger partial charge >= 0.3 is 0 Å². The average Bonchev–Trinajstić information content (AvgIpc) is 3.33. The fourth-order valence-corrected chi connectivity index (χ4v) is 5.76. The number of aromatic nitrogens is 3. The molecule has 0 saturated carbocycles. The van der Waals surface area contributed by atoms with Crippen molar-refractivity contribution in [3.63, 3.8) is 0 Å². The van der Waals surface area contributed by atoms with E-state index < -0.39 is 0 Å². The number of nitriles is 1. The molecule has 0 aliphatic rings. The van der Waals surface area contributed by atoms with Gasteiger partial charge in [0.2, 0.25) is 5.95 Å². The van der Waals surface area contributed by atoms with Gasteiger partial charge in [-0.3, -0.25) is 4.57 Å². The highest BCUT2D eigenvalue weighted by Crippen LogP contribution is 2.38. The first-order valence-corrected chi connectivity index (χ1v) is 12.9. The molecule has 0 unspecified atom stereocenters. The van der Waals surface area contributed by atoms with E-state index >= 15 is 0 Å². The van der Waals surface area contributed by atoms with Gasteiger partial charge in [0.25, 0.3) is 0 Å². The van der Waals surface area contributed by atoms with Gasteiger partial charge in [-0.15, -0.1) is 0 Å². The molecule has 0 radical (unpaired) electrons. The molecular weight excluding hydrogens is 476 g/mol. The minimum absolute atomic E-state index is 0.623. The quantitative estimate of drug-likeness (QED) is 0.241. The zero-order valence-corrected chi connectivity index (χ0v) is 20.8. The summed E-state index contributed by atoms with van der Waals surface area (Å²) >= 11 is 0. The fraction of sp³-hybridized carbons (Fsp3) is 0. The molecule has 0 atom stereocenters. The molecule has 4 heteroatoms. The maximum Gasteiger partial charge on any atom is 0.235 e. The summed E-state index contributed by atoms with van der Waals surface area (Å²) in [6.45, 7) is 0. The summed E-state index contributed by atoms with van der Waals surface area (Å²) < 4.78 is 2.22. The predicted octanol–water partition coefficient (Wildman–Crippen LogP) is 8.57. The molecule has 180 valence electrons. The van der Waals surface area contributed by atoms with Gasteiger partial charge in [0.05, 0.1) is 33.9 Å². The number of hydrogen-bond acceptors (Lipinski definition) is 3. The van der Waals surface area contributed by atoms with Gasteiger partial charge in [-0.1, -0.05) is 91.0 Å².